The number of halogens is 1. The van der Waals surface area contributed by atoms with Gasteiger partial charge < -0.3 is 34.5 Å². The Morgan fingerprint density at radius 3 is 2.53 bits per heavy atom. The average molecular weight is 417 g/mol. The number of ether oxygens (including phenoxy) is 2. The first-order chi connectivity index (χ1) is 14.4. The van der Waals surface area contributed by atoms with E-state index in [1.807, 2.05) is 24.3 Å². The molecule has 2 aromatic carbocycles. The van der Waals surface area contributed by atoms with E-state index in [2.05, 4.69) is 0 Å². The van der Waals surface area contributed by atoms with Crippen molar-refractivity contribution in [1.82, 2.24) is 4.57 Å². The zero-order valence-electron chi connectivity index (χ0n) is 16.4. The first-order valence-corrected chi connectivity index (χ1v) is 9.66. The van der Waals surface area contributed by atoms with Crippen molar-refractivity contribution < 1.29 is 34.3 Å². The summed E-state index contributed by atoms with van der Waals surface area (Å²) in [5, 5.41) is 41.1. The molecule has 0 amide bonds. The van der Waals surface area contributed by atoms with Crippen molar-refractivity contribution in [2.45, 2.75) is 37.1 Å². The van der Waals surface area contributed by atoms with Gasteiger partial charge >= 0.3 is 0 Å². The van der Waals surface area contributed by atoms with E-state index in [1.165, 1.54) is 13.2 Å². The normalized spacial score (nSPS) is 26.8. The van der Waals surface area contributed by atoms with Crippen LogP contribution < -0.4 is 4.74 Å². The SMILES string of the molecule is COc1ccc(Cc2cn([C@@H]3O[C@H](CO)[C@@H](O)[C@H](O)[C@H]3O)c3ccccc23)cc1F. The van der Waals surface area contributed by atoms with Crippen LogP contribution in [0.3, 0.4) is 0 Å². The molecule has 4 rings (SSSR count). The van der Waals surface area contributed by atoms with Gasteiger partial charge in [0.05, 0.1) is 19.2 Å². The zero-order valence-corrected chi connectivity index (χ0v) is 16.4. The highest BCUT2D eigenvalue weighted by Gasteiger charge is 2.44. The van der Waals surface area contributed by atoms with Crippen LogP contribution >= 0.6 is 0 Å². The van der Waals surface area contributed by atoms with Gasteiger partial charge in [0, 0.05) is 11.6 Å². The molecular weight excluding hydrogens is 393 g/mol. The van der Waals surface area contributed by atoms with Crippen LogP contribution in [0, 0.1) is 5.82 Å². The second-order valence-corrected chi connectivity index (χ2v) is 7.44. The molecule has 4 N–H and O–H groups in total. The van der Waals surface area contributed by atoms with Crippen LogP contribution in [0.2, 0.25) is 0 Å². The Bertz CT molecular complexity index is 1040. The summed E-state index contributed by atoms with van der Waals surface area (Å²) in [6.07, 6.45) is -4.11. The Morgan fingerprint density at radius 2 is 1.83 bits per heavy atom. The minimum Gasteiger partial charge on any atom is -0.494 e. The highest BCUT2D eigenvalue weighted by molar-refractivity contribution is 5.84. The summed E-state index contributed by atoms with van der Waals surface area (Å²) in [5.41, 5.74) is 2.35. The molecule has 0 bridgehead atoms. The zero-order chi connectivity index (χ0) is 21.4. The molecular formula is C22H24FNO6. The van der Waals surface area contributed by atoms with Crippen molar-refractivity contribution in [3.8, 4) is 5.75 Å². The Morgan fingerprint density at radius 1 is 1.07 bits per heavy atom. The molecule has 0 radical (unpaired) electrons. The topological polar surface area (TPSA) is 104 Å². The maximum atomic E-state index is 14.1. The summed E-state index contributed by atoms with van der Waals surface area (Å²) in [4.78, 5) is 0. The third-order valence-electron chi connectivity index (χ3n) is 5.58. The second kappa shape index (κ2) is 8.33. The van der Waals surface area contributed by atoms with Gasteiger partial charge in [-0.15, -0.1) is 0 Å². The van der Waals surface area contributed by atoms with Crippen molar-refractivity contribution >= 4 is 10.9 Å². The number of para-hydroxylation sites is 1. The maximum absolute atomic E-state index is 14.1. The van der Waals surface area contributed by atoms with Crippen LogP contribution in [0.1, 0.15) is 17.4 Å². The van der Waals surface area contributed by atoms with Crippen molar-refractivity contribution in [2.75, 3.05) is 13.7 Å². The largest absolute Gasteiger partial charge is 0.494 e. The lowest BCUT2D eigenvalue weighted by molar-refractivity contribution is -0.250. The van der Waals surface area contributed by atoms with Gasteiger partial charge in [0.25, 0.3) is 0 Å². The number of fused-ring (bicyclic) bond motifs is 1. The molecule has 7 nitrogen and oxygen atoms in total. The predicted molar refractivity (Wildman–Crippen MR) is 107 cm³/mol. The standard InChI is InChI=1S/C22H24FNO6/c1-29-17-7-6-12(9-15(17)23)8-13-10-24(16-5-3-2-4-14(13)16)22-21(28)20(27)19(26)18(11-25)30-22/h2-7,9-10,18-22,25-28H,8,11H2,1H3/t18-,19-,20+,21-,22-/m1/s1. The summed E-state index contributed by atoms with van der Waals surface area (Å²) in [6, 6.07) is 12.2. The van der Waals surface area contributed by atoms with E-state index in [0.29, 0.717) is 6.42 Å². The van der Waals surface area contributed by atoms with Crippen molar-refractivity contribution in [3.05, 3.63) is 65.6 Å². The number of aliphatic hydroxyl groups excluding tert-OH is 4. The van der Waals surface area contributed by atoms with Crippen LogP contribution in [-0.4, -0.2) is 63.1 Å². The summed E-state index contributed by atoms with van der Waals surface area (Å²) in [5.74, 6) is -0.282. The average Bonchev–Trinajstić information content (AvgIpc) is 3.11. The first-order valence-electron chi connectivity index (χ1n) is 9.66. The number of nitrogens with zero attached hydrogens (tertiary/aromatic N) is 1. The number of hydrogen-bond donors (Lipinski definition) is 4. The van der Waals surface area contributed by atoms with Crippen molar-refractivity contribution in [1.29, 1.82) is 0 Å². The lowest BCUT2D eigenvalue weighted by Crippen LogP contribution is -2.56. The molecule has 1 aromatic heterocycles. The van der Waals surface area contributed by atoms with Crippen molar-refractivity contribution in [2.24, 2.45) is 0 Å². The van der Waals surface area contributed by atoms with Crippen LogP contribution in [-0.2, 0) is 11.2 Å². The molecule has 0 unspecified atom stereocenters. The van der Waals surface area contributed by atoms with Crippen LogP contribution in [0.4, 0.5) is 4.39 Å². The van der Waals surface area contributed by atoms with Gasteiger partial charge in [-0.05, 0) is 35.7 Å². The lowest BCUT2D eigenvalue weighted by Gasteiger charge is -2.40. The number of benzene rings is 2. The molecule has 1 saturated heterocycles. The Balaban J connectivity index is 1.73. The molecule has 3 aromatic rings. The predicted octanol–water partition coefficient (Wildman–Crippen LogP) is 1.35. The second-order valence-electron chi connectivity index (χ2n) is 7.44. The highest BCUT2D eigenvalue weighted by atomic mass is 19.1. The fraction of sp³-hybridized carbons (Fsp3) is 0.364. The van der Waals surface area contributed by atoms with Gasteiger partial charge in [-0.1, -0.05) is 24.3 Å². The minimum atomic E-state index is -1.47. The molecule has 1 fully saturated rings. The number of rotatable bonds is 5. The van der Waals surface area contributed by atoms with E-state index < -0.39 is 43.1 Å². The van der Waals surface area contributed by atoms with E-state index in [-0.39, 0.29) is 5.75 Å². The highest BCUT2D eigenvalue weighted by Crippen LogP contribution is 2.34. The van der Waals surface area contributed by atoms with Crippen LogP contribution in [0.25, 0.3) is 10.9 Å². The smallest absolute Gasteiger partial charge is 0.165 e. The quantitative estimate of drug-likeness (QED) is 0.500. The van der Waals surface area contributed by atoms with Crippen LogP contribution in [0.15, 0.2) is 48.7 Å². The fourth-order valence-corrected chi connectivity index (χ4v) is 3.98. The van der Waals surface area contributed by atoms with E-state index in [9.17, 15) is 24.8 Å². The molecule has 5 atom stereocenters. The van der Waals surface area contributed by atoms with Gasteiger partial charge in [0.2, 0.25) is 0 Å². The van der Waals surface area contributed by atoms with Crippen molar-refractivity contribution in [3.63, 3.8) is 0 Å². The molecule has 1 aliphatic rings. The number of aromatic nitrogens is 1. The van der Waals surface area contributed by atoms with Gasteiger partial charge in [-0.3, -0.25) is 0 Å². The van der Waals surface area contributed by atoms with Gasteiger partial charge in [0.1, 0.15) is 24.4 Å². The maximum Gasteiger partial charge on any atom is 0.165 e. The molecule has 30 heavy (non-hydrogen) atoms. The Kier molecular flexibility index (Phi) is 5.77. The summed E-state index contributed by atoms with van der Waals surface area (Å²) in [7, 11) is 1.41. The van der Waals surface area contributed by atoms with Crippen LogP contribution in [0.5, 0.6) is 5.75 Å². The number of aliphatic hydroxyl groups is 4. The van der Waals surface area contributed by atoms with Gasteiger partial charge in [-0.2, -0.15) is 0 Å². The number of methoxy groups -OCH3 is 1. The number of hydrogen-bond acceptors (Lipinski definition) is 6. The van der Waals surface area contributed by atoms with E-state index >= 15 is 0 Å². The minimum absolute atomic E-state index is 0.169. The molecule has 2 heterocycles. The molecule has 0 aliphatic carbocycles. The Labute approximate surface area is 172 Å². The Hall–Kier alpha value is -2.49. The molecule has 0 saturated carbocycles. The molecule has 160 valence electrons. The summed E-state index contributed by atoms with van der Waals surface area (Å²) < 4.78 is 26.5. The third kappa shape index (κ3) is 3.57. The summed E-state index contributed by atoms with van der Waals surface area (Å²) in [6.45, 7) is -0.501. The van der Waals surface area contributed by atoms with E-state index in [0.717, 1.165) is 22.0 Å². The lowest BCUT2D eigenvalue weighted by atomic mass is 9.98. The molecule has 8 heteroatoms. The van der Waals surface area contributed by atoms with E-state index in [1.54, 1.807) is 22.9 Å². The monoisotopic (exact) mass is 417 g/mol. The van der Waals surface area contributed by atoms with E-state index in [4.69, 9.17) is 9.47 Å². The molecule has 0 spiro atoms. The first kappa shape index (κ1) is 20.8. The fourth-order valence-electron chi connectivity index (χ4n) is 3.98. The third-order valence-corrected chi connectivity index (χ3v) is 5.58. The molecule has 1 aliphatic heterocycles. The van der Waals surface area contributed by atoms with Gasteiger partial charge in [-0.25, -0.2) is 4.39 Å². The summed E-state index contributed by atoms with van der Waals surface area (Å²) >= 11 is 0. The van der Waals surface area contributed by atoms with Gasteiger partial charge in [0.15, 0.2) is 17.8 Å².